The number of nitrogens with zero attached hydrogens (tertiary/aromatic N) is 2. The van der Waals surface area contributed by atoms with Gasteiger partial charge in [0.15, 0.2) is 5.96 Å². The zero-order valence-corrected chi connectivity index (χ0v) is 20.7. The molecule has 0 radical (unpaired) electrons. The molecule has 1 atom stereocenters. The Bertz CT molecular complexity index is 716. The number of halogens is 1. The number of methoxy groups -OCH3 is 1. The number of ether oxygens (including phenoxy) is 3. The molecular formula is C23H36IN3O3. The number of rotatable bonds is 6. The highest BCUT2D eigenvalue weighted by molar-refractivity contribution is 14.0. The lowest BCUT2D eigenvalue weighted by atomic mass is 9.87. The first-order valence-electron chi connectivity index (χ1n) is 11.2. The zero-order valence-electron chi connectivity index (χ0n) is 18.3. The molecule has 1 unspecified atom stereocenters. The molecule has 1 saturated carbocycles. The maximum Gasteiger partial charge on any atom is 0.194 e. The molecule has 168 valence electrons. The zero-order chi connectivity index (χ0) is 20.1. The third kappa shape index (κ3) is 5.52. The molecule has 6 nitrogen and oxygen atoms in total. The van der Waals surface area contributed by atoms with E-state index >= 15 is 0 Å². The Morgan fingerprint density at radius 1 is 1.30 bits per heavy atom. The molecule has 1 N–H and O–H groups in total. The van der Waals surface area contributed by atoms with Gasteiger partial charge in [-0.1, -0.05) is 0 Å². The SMILES string of the molecule is CCNC(=NCc1ccc(OC)cc1OC1CCCC1)N1CCC2(CCOC2)C1.I. The quantitative estimate of drug-likeness (QED) is 0.340. The number of aliphatic imine (C=N–C) groups is 1. The van der Waals surface area contributed by atoms with Crippen molar-refractivity contribution in [2.75, 3.05) is 40.0 Å². The second-order valence-corrected chi connectivity index (χ2v) is 8.64. The summed E-state index contributed by atoms with van der Waals surface area (Å²) in [6.07, 6.45) is 7.47. The maximum absolute atomic E-state index is 6.34. The predicted octanol–water partition coefficient (Wildman–Crippen LogP) is 4.21. The Balaban J connectivity index is 0.00000256. The minimum Gasteiger partial charge on any atom is -0.497 e. The molecule has 4 rings (SSSR count). The van der Waals surface area contributed by atoms with Gasteiger partial charge in [0, 0.05) is 43.3 Å². The van der Waals surface area contributed by atoms with E-state index in [9.17, 15) is 0 Å². The molecule has 1 spiro atoms. The summed E-state index contributed by atoms with van der Waals surface area (Å²) in [5.74, 6) is 2.75. The van der Waals surface area contributed by atoms with E-state index in [2.05, 4.69) is 23.2 Å². The summed E-state index contributed by atoms with van der Waals surface area (Å²) in [7, 11) is 1.70. The minimum absolute atomic E-state index is 0. The Kier molecular flexibility index (Phi) is 8.51. The smallest absolute Gasteiger partial charge is 0.194 e. The van der Waals surface area contributed by atoms with E-state index in [-0.39, 0.29) is 24.0 Å². The Labute approximate surface area is 197 Å². The summed E-state index contributed by atoms with van der Waals surface area (Å²) in [4.78, 5) is 7.38. The average molecular weight is 529 g/mol. The molecule has 1 aromatic rings. The molecule has 0 amide bonds. The van der Waals surface area contributed by atoms with Crippen molar-refractivity contribution in [2.45, 2.75) is 58.1 Å². The summed E-state index contributed by atoms with van der Waals surface area (Å²) in [5.41, 5.74) is 1.44. The van der Waals surface area contributed by atoms with Crippen molar-refractivity contribution in [3.63, 3.8) is 0 Å². The van der Waals surface area contributed by atoms with E-state index in [0.29, 0.717) is 18.1 Å². The van der Waals surface area contributed by atoms with Crippen molar-refractivity contribution < 1.29 is 14.2 Å². The van der Waals surface area contributed by atoms with Crippen molar-refractivity contribution in [3.8, 4) is 11.5 Å². The molecule has 0 aromatic heterocycles. The van der Waals surface area contributed by atoms with Crippen LogP contribution in [0.4, 0.5) is 0 Å². The van der Waals surface area contributed by atoms with Crippen LogP contribution in [-0.2, 0) is 11.3 Å². The van der Waals surface area contributed by atoms with Crippen LogP contribution in [-0.4, -0.2) is 56.9 Å². The van der Waals surface area contributed by atoms with Crippen LogP contribution in [0.15, 0.2) is 23.2 Å². The fraction of sp³-hybridized carbons (Fsp3) is 0.696. The van der Waals surface area contributed by atoms with Crippen molar-refractivity contribution in [3.05, 3.63) is 23.8 Å². The molecule has 2 heterocycles. The third-order valence-corrected chi connectivity index (χ3v) is 6.53. The van der Waals surface area contributed by atoms with Gasteiger partial charge in [0.25, 0.3) is 0 Å². The van der Waals surface area contributed by atoms with Gasteiger partial charge >= 0.3 is 0 Å². The van der Waals surface area contributed by atoms with Gasteiger partial charge < -0.3 is 24.4 Å². The average Bonchev–Trinajstić information content (AvgIpc) is 3.50. The number of guanidine groups is 1. The fourth-order valence-corrected chi connectivity index (χ4v) is 4.76. The van der Waals surface area contributed by atoms with Crippen LogP contribution in [0.5, 0.6) is 11.5 Å². The van der Waals surface area contributed by atoms with Crippen LogP contribution in [0.1, 0.15) is 51.0 Å². The number of hydrogen-bond donors (Lipinski definition) is 1. The van der Waals surface area contributed by atoms with Gasteiger partial charge in [-0.3, -0.25) is 0 Å². The summed E-state index contributed by atoms with van der Waals surface area (Å²) in [6.45, 7) is 7.47. The molecular weight excluding hydrogens is 493 g/mol. The maximum atomic E-state index is 6.34. The van der Waals surface area contributed by atoms with Gasteiger partial charge in [0.1, 0.15) is 11.5 Å². The Hall–Kier alpha value is -1.22. The van der Waals surface area contributed by atoms with Crippen LogP contribution in [0.25, 0.3) is 0 Å². The summed E-state index contributed by atoms with van der Waals surface area (Å²) in [5, 5.41) is 3.49. The lowest BCUT2D eigenvalue weighted by Crippen LogP contribution is -2.41. The van der Waals surface area contributed by atoms with Gasteiger partial charge in [0.05, 0.1) is 26.4 Å². The van der Waals surface area contributed by atoms with E-state index in [1.165, 1.54) is 25.7 Å². The van der Waals surface area contributed by atoms with E-state index in [1.54, 1.807) is 7.11 Å². The summed E-state index contributed by atoms with van der Waals surface area (Å²) >= 11 is 0. The van der Waals surface area contributed by atoms with Crippen molar-refractivity contribution in [1.82, 2.24) is 10.2 Å². The van der Waals surface area contributed by atoms with Gasteiger partial charge in [-0.15, -0.1) is 24.0 Å². The van der Waals surface area contributed by atoms with Crippen molar-refractivity contribution in [2.24, 2.45) is 10.4 Å². The summed E-state index contributed by atoms with van der Waals surface area (Å²) < 4.78 is 17.5. The molecule has 0 bridgehead atoms. The molecule has 30 heavy (non-hydrogen) atoms. The van der Waals surface area contributed by atoms with Crippen LogP contribution < -0.4 is 14.8 Å². The monoisotopic (exact) mass is 529 g/mol. The van der Waals surface area contributed by atoms with Gasteiger partial charge in [0.2, 0.25) is 0 Å². The van der Waals surface area contributed by atoms with Crippen LogP contribution in [0.2, 0.25) is 0 Å². The number of benzene rings is 1. The van der Waals surface area contributed by atoms with Crippen LogP contribution in [0, 0.1) is 5.41 Å². The number of nitrogens with one attached hydrogen (secondary N) is 1. The number of hydrogen-bond acceptors (Lipinski definition) is 4. The van der Waals surface area contributed by atoms with Crippen LogP contribution >= 0.6 is 24.0 Å². The largest absolute Gasteiger partial charge is 0.497 e. The van der Waals surface area contributed by atoms with E-state index in [0.717, 1.165) is 68.7 Å². The van der Waals surface area contributed by atoms with E-state index in [1.807, 2.05) is 12.1 Å². The standard InChI is InChI=1S/C23H35N3O3.HI/c1-3-24-22(26-12-10-23(16-26)11-13-28-17-23)25-15-18-8-9-20(27-2)14-21(18)29-19-6-4-5-7-19;/h8-9,14,19H,3-7,10-13,15-17H2,1-2H3,(H,24,25);1H. The van der Waals surface area contributed by atoms with Crippen molar-refractivity contribution in [1.29, 1.82) is 0 Å². The molecule has 1 aliphatic carbocycles. The molecule has 2 saturated heterocycles. The lowest BCUT2D eigenvalue weighted by molar-refractivity contribution is 0.156. The lowest BCUT2D eigenvalue weighted by Gasteiger charge is -2.25. The highest BCUT2D eigenvalue weighted by atomic mass is 127. The fourth-order valence-electron chi connectivity index (χ4n) is 4.76. The van der Waals surface area contributed by atoms with Gasteiger partial charge in [-0.05, 0) is 57.6 Å². The predicted molar refractivity (Wildman–Crippen MR) is 130 cm³/mol. The third-order valence-electron chi connectivity index (χ3n) is 6.53. The van der Waals surface area contributed by atoms with Gasteiger partial charge in [-0.25, -0.2) is 4.99 Å². The first-order chi connectivity index (χ1) is 14.2. The normalized spacial score (nSPS) is 24.3. The molecule has 3 aliphatic rings. The highest BCUT2D eigenvalue weighted by Crippen LogP contribution is 2.38. The molecule has 7 heteroatoms. The minimum atomic E-state index is 0. The molecule has 1 aromatic carbocycles. The second kappa shape index (κ2) is 10.9. The Morgan fingerprint density at radius 3 is 2.83 bits per heavy atom. The van der Waals surface area contributed by atoms with Crippen LogP contribution in [0.3, 0.4) is 0 Å². The summed E-state index contributed by atoms with van der Waals surface area (Å²) in [6, 6.07) is 6.10. The Morgan fingerprint density at radius 2 is 2.13 bits per heavy atom. The van der Waals surface area contributed by atoms with Crippen molar-refractivity contribution >= 4 is 29.9 Å². The topological polar surface area (TPSA) is 55.3 Å². The first-order valence-corrected chi connectivity index (χ1v) is 11.2. The first kappa shape index (κ1) is 23.4. The van der Waals surface area contributed by atoms with Gasteiger partial charge in [-0.2, -0.15) is 0 Å². The highest BCUT2D eigenvalue weighted by Gasteiger charge is 2.42. The molecule has 2 aliphatic heterocycles. The van der Waals surface area contributed by atoms with E-state index in [4.69, 9.17) is 19.2 Å². The second-order valence-electron chi connectivity index (χ2n) is 8.64. The van der Waals surface area contributed by atoms with E-state index < -0.39 is 0 Å². The molecule has 3 fully saturated rings. The number of likely N-dealkylation sites (tertiary alicyclic amines) is 1.